The first-order valence-corrected chi connectivity index (χ1v) is 15.3. The van der Waals surface area contributed by atoms with Gasteiger partial charge in [-0.05, 0) is 109 Å². The summed E-state index contributed by atoms with van der Waals surface area (Å²) in [5, 5.41) is 19.1. The monoisotopic (exact) mass is 586 g/mol. The van der Waals surface area contributed by atoms with Crippen LogP contribution in [0.5, 0.6) is 23.0 Å². The van der Waals surface area contributed by atoms with E-state index in [1.165, 1.54) is 22.3 Å². The summed E-state index contributed by atoms with van der Waals surface area (Å²) in [5.41, 5.74) is 11.7. The van der Waals surface area contributed by atoms with Gasteiger partial charge in [-0.2, -0.15) is 0 Å². The van der Waals surface area contributed by atoms with E-state index in [-0.39, 0.29) is 17.4 Å². The molecule has 0 fully saturated rings. The molecule has 5 aromatic carbocycles. The third-order valence-electron chi connectivity index (χ3n) is 8.19. The number of phenols is 2. The Balaban J connectivity index is 1.40. The van der Waals surface area contributed by atoms with E-state index in [9.17, 15) is 10.2 Å². The first-order valence-electron chi connectivity index (χ1n) is 15.3. The Labute approximate surface area is 261 Å². The molecule has 0 aliphatic carbocycles. The smallest absolute Gasteiger partial charge is 0.125 e. The van der Waals surface area contributed by atoms with Crippen LogP contribution in [0.25, 0.3) is 0 Å². The minimum atomic E-state index is 0.0579. The van der Waals surface area contributed by atoms with Crippen molar-refractivity contribution < 1.29 is 19.7 Å². The van der Waals surface area contributed by atoms with Crippen LogP contribution in [0, 0.1) is 34.6 Å². The fraction of sp³-hybridized carbons (Fsp3) is 0.250. The quantitative estimate of drug-likeness (QED) is 0.152. The predicted octanol–water partition coefficient (Wildman–Crippen LogP) is 9.06. The highest BCUT2D eigenvalue weighted by Crippen LogP contribution is 2.39. The van der Waals surface area contributed by atoms with E-state index in [2.05, 4.69) is 83.1 Å². The zero-order valence-corrected chi connectivity index (χ0v) is 26.4. The summed E-state index contributed by atoms with van der Waals surface area (Å²) < 4.78 is 12.6. The summed E-state index contributed by atoms with van der Waals surface area (Å²) >= 11 is 0. The van der Waals surface area contributed by atoms with Crippen molar-refractivity contribution in [3.63, 3.8) is 0 Å². The number of benzene rings is 5. The Morgan fingerprint density at radius 3 is 1.20 bits per heavy atom. The van der Waals surface area contributed by atoms with Crippen molar-refractivity contribution in [3.05, 3.63) is 153 Å². The zero-order chi connectivity index (χ0) is 31.2. The van der Waals surface area contributed by atoms with Crippen molar-refractivity contribution in [2.45, 2.75) is 53.4 Å². The van der Waals surface area contributed by atoms with Crippen molar-refractivity contribution >= 4 is 0 Å². The van der Waals surface area contributed by atoms with E-state index in [1.54, 1.807) is 24.3 Å². The summed E-state index contributed by atoms with van der Waals surface area (Å²) in [7, 11) is 0. The van der Waals surface area contributed by atoms with Gasteiger partial charge in [0.25, 0.3) is 0 Å². The van der Waals surface area contributed by atoms with Crippen molar-refractivity contribution in [1.29, 1.82) is 0 Å². The number of aryl methyl sites for hydroxylation is 5. The van der Waals surface area contributed by atoms with Crippen LogP contribution < -0.4 is 9.47 Å². The van der Waals surface area contributed by atoms with Crippen LogP contribution in [0.2, 0.25) is 0 Å². The van der Waals surface area contributed by atoms with Crippen molar-refractivity contribution in [1.82, 2.24) is 0 Å². The molecule has 0 saturated heterocycles. The molecular formula is C40H42O4. The maximum absolute atomic E-state index is 9.56. The van der Waals surface area contributed by atoms with Gasteiger partial charge in [0.15, 0.2) is 0 Å². The molecule has 44 heavy (non-hydrogen) atoms. The van der Waals surface area contributed by atoms with E-state index < -0.39 is 0 Å². The highest BCUT2D eigenvalue weighted by Gasteiger charge is 2.21. The lowest BCUT2D eigenvalue weighted by Gasteiger charge is -2.24. The molecule has 4 nitrogen and oxygen atoms in total. The molecule has 0 bridgehead atoms. The highest BCUT2D eigenvalue weighted by molar-refractivity contribution is 5.54. The summed E-state index contributed by atoms with van der Waals surface area (Å²) in [5.74, 6) is 2.47. The van der Waals surface area contributed by atoms with E-state index in [1.807, 2.05) is 24.3 Å². The third-order valence-corrected chi connectivity index (χ3v) is 8.19. The van der Waals surface area contributed by atoms with Gasteiger partial charge in [0, 0.05) is 18.8 Å². The van der Waals surface area contributed by atoms with Gasteiger partial charge in [0.2, 0.25) is 0 Å². The van der Waals surface area contributed by atoms with Crippen LogP contribution in [0.4, 0.5) is 0 Å². The van der Waals surface area contributed by atoms with Crippen molar-refractivity contribution in [2.24, 2.45) is 0 Å². The largest absolute Gasteiger partial charge is 0.508 e. The Kier molecular flexibility index (Phi) is 9.59. The molecule has 0 aromatic heterocycles. The molecule has 5 rings (SSSR count). The summed E-state index contributed by atoms with van der Waals surface area (Å²) in [6.07, 6.45) is 1.55. The Morgan fingerprint density at radius 2 is 0.841 bits per heavy atom. The summed E-state index contributed by atoms with van der Waals surface area (Å²) in [6.45, 7) is 11.8. The first kappa shape index (κ1) is 30.7. The molecule has 5 aromatic rings. The molecule has 0 spiro atoms. The van der Waals surface area contributed by atoms with Gasteiger partial charge in [-0.25, -0.2) is 0 Å². The fourth-order valence-corrected chi connectivity index (χ4v) is 5.96. The minimum absolute atomic E-state index is 0.0579. The van der Waals surface area contributed by atoms with Gasteiger partial charge in [0.05, 0.1) is 13.2 Å². The van der Waals surface area contributed by atoms with Crippen LogP contribution in [0.15, 0.2) is 97.1 Å². The molecule has 0 atom stereocenters. The van der Waals surface area contributed by atoms with E-state index in [4.69, 9.17) is 9.47 Å². The third kappa shape index (κ3) is 7.44. The standard InChI is InChI=1S/C40H42O4/c1-26-6-12-33(13-7-26)38(34-22-27(2)39(28(3)23-34)43-20-18-31-8-14-36(41)15-9-31)35-24-29(4)40(30(5)25-35)44-21-19-32-10-16-37(42)17-11-32/h6-17,22-25,38,41-42H,18-21H2,1-5H3. The van der Waals surface area contributed by atoms with E-state index in [0.29, 0.717) is 13.2 Å². The number of aromatic hydroxyl groups is 2. The maximum atomic E-state index is 9.56. The van der Waals surface area contributed by atoms with Crippen LogP contribution in [0.3, 0.4) is 0 Å². The molecule has 0 radical (unpaired) electrons. The van der Waals surface area contributed by atoms with Gasteiger partial charge in [0.1, 0.15) is 23.0 Å². The number of ether oxygens (including phenoxy) is 2. The van der Waals surface area contributed by atoms with Crippen LogP contribution in [0.1, 0.15) is 61.6 Å². The number of hydrogen-bond donors (Lipinski definition) is 2. The Morgan fingerprint density at radius 1 is 0.477 bits per heavy atom. The van der Waals surface area contributed by atoms with E-state index >= 15 is 0 Å². The normalized spacial score (nSPS) is 11.1. The SMILES string of the molecule is Cc1ccc(C(c2cc(C)c(OCCc3ccc(O)cc3)c(C)c2)c2cc(C)c(OCCc3ccc(O)cc3)c(C)c2)cc1. The number of rotatable bonds is 11. The summed E-state index contributed by atoms with van der Waals surface area (Å²) in [4.78, 5) is 0. The lowest BCUT2D eigenvalue weighted by Crippen LogP contribution is -2.09. The molecule has 0 aliphatic heterocycles. The van der Waals surface area contributed by atoms with Crippen LogP contribution in [-0.4, -0.2) is 23.4 Å². The van der Waals surface area contributed by atoms with Gasteiger partial charge < -0.3 is 19.7 Å². The highest BCUT2D eigenvalue weighted by atomic mass is 16.5. The molecule has 0 saturated carbocycles. The molecule has 0 amide bonds. The molecule has 226 valence electrons. The number of phenolic OH excluding ortho intramolecular Hbond substituents is 2. The van der Waals surface area contributed by atoms with Gasteiger partial charge in [-0.3, -0.25) is 0 Å². The second-order valence-corrected chi connectivity index (χ2v) is 11.8. The van der Waals surface area contributed by atoms with Crippen LogP contribution in [-0.2, 0) is 12.8 Å². The topological polar surface area (TPSA) is 58.9 Å². The lowest BCUT2D eigenvalue weighted by molar-refractivity contribution is 0.317. The van der Waals surface area contributed by atoms with E-state index in [0.717, 1.165) is 57.7 Å². The second kappa shape index (κ2) is 13.7. The molecule has 4 heteroatoms. The zero-order valence-electron chi connectivity index (χ0n) is 26.4. The summed E-state index contributed by atoms with van der Waals surface area (Å²) in [6, 6.07) is 32.5. The predicted molar refractivity (Wildman–Crippen MR) is 179 cm³/mol. The molecule has 2 N–H and O–H groups in total. The molecule has 0 unspecified atom stereocenters. The maximum Gasteiger partial charge on any atom is 0.125 e. The Hall–Kier alpha value is -4.70. The second-order valence-electron chi connectivity index (χ2n) is 11.8. The van der Waals surface area contributed by atoms with Crippen LogP contribution >= 0.6 is 0 Å². The fourth-order valence-electron chi connectivity index (χ4n) is 5.96. The average Bonchev–Trinajstić information content (AvgIpc) is 2.99. The van der Waals surface area contributed by atoms with Gasteiger partial charge >= 0.3 is 0 Å². The molecule has 0 aliphatic rings. The number of hydrogen-bond acceptors (Lipinski definition) is 4. The van der Waals surface area contributed by atoms with Crippen molar-refractivity contribution in [2.75, 3.05) is 13.2 Å². The van der Waals surface area contributed by atoms with Gasteiger partial charge in [-0.1, -0.05) is 78.4 Å². The minimum Gasteiger partial charge on any atom is -0.508 e. The lowest BCUT2D eigenvalue weighted by atomic mass is 9.82. The van der Waals surface area contributed by atoms with Gasteiger partial charge in [-0.15, -0.1) is 0 Å². The average molecular weight is 587 g/mol. The Bertz CT molecular complexity index is 1550. The molecule has 0 heterocycles. The first-order chi connectivity index (χ1) is 21.2. The van der Waals surface area contributed by atoms with Crippen molar-refractivity contribution in [3.8, 4) is 23.0 Å². The molecular weight excluding hydrogens is 544 g/mol.